The Labute approximate surface area is 360 Å². The Balaban J connectivity index is 1.03. The molecule has 5 aliphatic carbocycles. The van der Waals surface area contributed by atoms with Crippen LogP contribution in [0.4, 0.5) is 17.1 Å². The van der Waals surface area contributed by atoms with Gasteiger partial charge in [-0.05, 0) is 158 Å². The van der Waals surface area contributed by atoms with Crippen molar-refractivity contribution < 1.29 is 0 Å². The average Bonchev–Trinajstić information content (AvgIpc) is 4.10. The Morgan fingerprint density at radius 2 is 0.984 bits per heavy atom. The number of fused-ring (bicyclic) bond motifs is 14. The van der Waals surface area contributed by atoms with Crippen LogP contribution in [0.3, 0.4) is 0 Å². The molecule has 61 heavy (non-hydrogen) atoms. The average molecular weight is 784 g/mol. The smallest absolute Gasteiger partial charge is 0.0467 e. The third-order valence-electron chi connectivity index (χ3n) is 16.2. The molecule has 0 saturated heterocycles. The quantitative estimate of drug-likeness (QED) is 0.168. The Morgan fingerprint density at radius 1 is 0.426 bits per heavy atom. The van der Waals surface area contributed by atoms with Gasteiger partial charge in [0.25, 0.3) is 0 Å². The van der Waals surface area contributed by atoms with E-state index in [2.05, 4.69) is 208 Å². The number of nitrogens with zero attached hydrogens (tertiary/aromatic N) is 1. The number of rotatable bonds is 5. The van der Waals surface area contributed by atoms with Crippen LogP contribution in [0.25, 0.3) is 44.5 Å². The number of hydrogen-bond donors (Lipinski definition) is 0. The van der Waals surface area contributed by atoms with Gasteiger partial charge in [0.1, 0.15) is 0 Å². The lowest BCUT2D eigenvalue weighted by atomic mass is 9.67. The fourth-order valence-corrected chi connectivity index (χ4v) is 13.6. The van der Waals surface area contributed by atoms with E-state index in [1.165, 1.54) is 115 Å². The maximum Gasteiger partial charge on any atom is 0.0467 e. The summed E-state index contributed by atoms with van der Waals surface area (Å²) < 4.78 is 0. The first kappa shape index (κ1) is 35.3. The van der Waals surface area contributed by atoms with Gasteiger partial charge in [0.05, 0.1) is 0 Å². The monoisotopic (exact) mass is 783 g/mol. The third-order valence-corrected chi connectivity index (χ3v) is 16.2. The lowest BCUT2D eigenvalue weighted by Gasteiger charge is -2.37. The van der Waals surface area contributed by atoms with Crippen molar-refractivity contribution in [2.75, 3.05) is 4.90 Å². The highest BCUT2D eigenvalue weighted by atomic mass is 15.1. The second kappa shape index (κ2) is 12.6. The molecule has 0 aliphatic heterocycles. The summed E-state index contributed by atoms with van der Waals surface area (Å²) in [5, 5.41) is 0. The highest BCUT2D eigenvalue weighted by Crippen LogP contribution is 2.66. The van der Waals surface area contributed by atoms with Gasteiger partial charge in [0, 0.05) is 33.3 Å². The molecule has 1 heteroatoms. The van der Waals surface area contributed by atoms with Gasteiger partial charge >= 0.3 is 0 Å². The van der Waals surface area contributed by atoms with E-state index in [1.54, 1.807) is 11.1 Å². The second-order valence-corrected chi connectivity index (χ2v) is 19.4. The van der Waals surface area contributed by atoms with Gasteiger partial charge in [0.2, 0.25) is 0 Å². The van der Waals surface area contributed by atoms with Gasteiger partial charge in [-0.3, -0.25) is 0 Å². The number of benzene rings is 8. The summed E-state index contributed by atoms with van der Waals surface area (Å²) in [5.41, 5.74) is 24.1. The van der Waals surface area contributed by atoms with E-state index in [-0.39, 0.29) is 16.2 Å². The molecule has 294 valence electrons. The topological polar surface area (TPSA) is 3.24 Å². The van der Waals surface area contributed by atoms with Gasteiger partial charge in [-0.1, -0.05) is 166 Å². The summed E-state index contributed by atoms with van der Waals surface area (Å²) in [7, 11) is 0. The highest BCUT2D eigenvalue weighted by molar-refractivity contribution is 5.92. The van der Waals surface area contributed by atoms with E-state index >= 15 is 0 Å². The number of hydrogen-bond acceptors (Lipinski definition) is 1. The molecule has 4 unspecified atom stereocenters. The maximum absolute atomic E-state index is 2.61. The lowest BCUT2D eigenvalue weighted by Crippen LogP contribution is -2.32. The molecule has 4 atom stereocenters. The Morgan fingerprint density at radius 3 is 1.70 bits per heavy atom. The minimum atomic E-state index is -0.297. The fourth-order valence-electron chi connectivity index (χ4n) is 13.6. The van der Waals surface area contributed by atoms with Crippen molar-refractivity contribution in [1.29, 1.82) is 0 Å². The third kappa shape index (κ3) is 4.67. The molecular weight excluding hydrogens is 735 g/mol. The van der Waals surface area contributed by atoms with Crippen molar-refractivity contribution >= 4 is 17.1 Å². The minimum Gasteiger partial charge on any atom is -0.310 e. The van der Waals surface area contributed by atoms with Crippen LogP contribution in [0.15, 0.2) is 182 Å². The zero-order valence-electron chi connectivity index (χ0n) is 35.3. The van der Waals surface area contributed by atoms with E-state index in [4.69, 9.17) is 0 Å². The maximum atomic E-state index is 2.61. The zero-order chi connectivity index (χ0) is 40.7. The van der Waals surface area contributed by atoms with Crippen molar-refractivity contribution in [1.82, 2.24) is 0 Å². The molecule has 13 rings (SSSR count). The standard InChI is InChI=1S/C60H49N/c1-58(2)52-24-10-7-21-48(52)51-23-14-22-45(57(51)58)39-15-13-18-42(34-39)61(43-29-31-49-46-19-8-11-25-53(46)59(3,55(49)35-43)40-16-5-4-6-17-40)44-30-32-50-47-20-9-12-26-54(47)60(56(50)36-44)37-38-27-28-41(60)33-38/h4-26,29-32,34-36,38,41H,27-28,33,37H2,1-3H3. The fraction of sp³-hybridized carbons (Fsp3) is 0.200. The van der Waals surface area contributed by atoms with Crippen LogP contribution < -0.4 is 4.90 Å². The van der Waals surface area contributed by atoms with Crippen molar-refractivity contribution in [3.05, 3.63) is 221 Å². The van der Waals surface area contributed by atoms with Gasteiger partial charge in [0.15, 0.2) is 0 Å². The van der Waals surface area contributed by atoms with E-state index in [0.717, 1.165) is 5.92 Å². The largest absolute Gasteiger partial charge is 0.310 e. The Bertz CT molecular complexity index is 3110. The molecule has 0 aromatic heterocycles. The molecule has 0 radical (unpaired) electrons. The number of anilines is 3. The predicted molar refractivity (Wildman–Crippen MR) is 253 cm³/mol. The van der Waals surface area contributed by atoms with E-state index in [9.17, 15) is 0 Å². The molecule has 2 fully saturated rings. The summed E-state index contributed by atoms with van der Waals surface area (Å²) in [4.78, 5) is 2.57. The van der Waals surface area contributed by atoms with E-state index in [0.29, 0.717) is 5.92 Å². The molecule has 2 bridgehead atoms. The molecule has 0 N–H and O–H groups in total. The molecule has 0 amide bonds. The van der Waals surface area contributed by atoms with Gasteiger partial charge < -0.3 is 4.90 Å². The Kier molecular flexibility index (Phi) is 7.27. The molecule has 1 spiro atoms. The van der Waals surface area contributed by atoms with Crippen LogP contribution in [0.5, 0.6) is 0 Å². The van der Waals surface area contributed by atoms with Gasteiger partial charge in [-0.15, -0.1) is 0 Å². The molecule has 5 aliphatic rings. The molecule has 8 aromatic carbocycles. The van der Waals surface area contributed by atoms with E-state index in [1.807, 2.05) is 0 Å². The van der Waals surface area contributed by atoms with Crippen LogP contribution in [0, 0.1) is 11.8 Å². The summed E-state index contributed by atoms with van der Waals surface area (Å²) in [6, 6.07) is 69.7. The van der Waals surface area contributed by atoms with Crippen molar-refractivity contribution in [2.45, 2.75) is 62.7 Å². The second-order valence-electron chi connectivity index (χ2n) is 19.4. The summed E-state index contributed by atoms with van der Waals surface area (Å²) >= 11 is 0. The Hall–Kier alpha value is -6.44. The first-order valence-corrected chi connectivity index (χ1v) is 22.5. The molecule has 2 saturated carbocycles. The van der Waals surface area contributed by atoms with Crippen molar-refractivity contribution in [3.8, 4) is 44.5 Å². The van der Waals surface area contributed by atoms with Crippen LogP contribution in [0.1, 0.15) is 85.4 Å². The van der Waals surface area contributed by atoms with Crippen LogP contribution in [-0.4, -0.2) is 0 Å². The van der Waals surface area contributed by atoms with E-state index < -0.39 is 0 Å². The molecule has 0 heterocycles. The van der Waals surface area contributed by atoms with Crippen molar-refractivity contribution in [2.24, 2.45) is 11.8 Å². The molecule has 8 aromatic rings. The highest BCUT2D eigenvalue weighted by Gasteiger charge is 2.57. The first-order chi connectivity index (χ1) is 29.9. The summed E-state index contributed by atoms with van der Waals surface area (Å²) in [5.74, 6) is 1.52. The van der Waals surface area contributed by atoms with Crippen LogP contribution in [0.2, 0.25) is 0 Å². The van der Waals surface area contributed by atoms with Crippen LogP contribution >= 0.6 is 0 Å². The van der Waals surface area contributed by atoms with Crippen molar-refractivity contribution in [3.63, 3.8) is 0 Å². The normalized spacial score (nSPS) is 22.7. The lowest BCUT2D eigenvalue weighted by molar-refractivity contribution is 0.327. The molecule has 1 nitrogen and oxygen atoms in total. The SMILES string of the molecule is CC1(C)c2ccccc2-c2cccc(-c3cccc(N(c4ccc5c(c4)C(C)(c4ccccc4)c4ccccc4-5)c4ccc5c(c4)C4(CC6CCC4C6)c4ccccc4-5)c3)c21. The summed E-state index contributed by atoms with van der Waals surface area (Å²) in [6.45, 7) is 7.23. The van der Waals surface area contributed by atoms with Gasteiger partial charge in [-0.2, -0.15) is 0 Å². The summed E-state index contributed by atoms with van der Waals surface area (Å²) in [6.07, 6.45) is 5.34. The zero-order valence-corrected chi connectivity index (χ0v) is 35.3. The molecular formula is C60H49N. The first-order valence-electron chi connectivity index (χ1n) is 22.5. The predicted octanol–water partition coefficient (Wildman–Crippen LogP) is 15.6. The van der Waals surface area contributed by atoms with Crippen LogP contribution in [-0.2, 0) is 16.2 Å². The minimum absolute atomic E-state index is 0.0923. The van der Waals surface area contributed by atoms with Gasteiger partial charge in [-0.25, -0.2) is 0 Å².